The van der Waals surface area contributed by atoms with Gasteiger partial charge in [-0.15, -0.1) is 0 Å². The molecule has 0 radical (unpaired) electrons. The molecule has 3 atom stereocenters. The van der Waals surface area contributed by atoms with Gasteiger partial charge in [0.2, 0.25) is 0 Å². The molecule has 3 aromatic rings. The number of fused-ring (bicyclic) bond motifs is 1. The molecule has 1 fully saturated rings. The number of ether oxygens (including phenoxy) is 1. The number of benzene rings is 1. The van der Waals surface area contributed by atoms with Crippen molar-refractivity contribution in [1.29, 1.82) is 0 Å². The summed E-state index contributed by atoms with van der Waals surface area (Å²) in [5, 5.41) is 1.93. The summed E-state index contributed by atoms with van der Waals surface area (Å²) in [5.74, 6) is 0.464. The second-order valence-electron chi connectivity index (χ2n) is 9.98. The Balaban J connectivity index is 0.000000260. The lowest BCUT2D eigenvalue weighted by Crippen LogP contribution is -2.31. The van der Waals surface area contributed by atoms with Gasteiger partial charge >= 0.3 is 5.97 Å². The summed E-state index contributed by atoms with van der Waals surface area (Å²) in [6, 6.07) is 9.08. The van der Waals surface area contributed by atoms with Crippen molar-refractivity contribution in [3.63, 3.8) is 0 Å². The van der Waals surface area contributed by atoms with Gasteiger partial charge in [0.1, 0.15) is 17.4 Å². The van der Waals surface area contributed by atoms with Crippen molar-refractivity contribution < 1.29 is 22.7 Å². The number of esters is 1. The van der Waals surface area contributed by atoms with Gasteiger partial charge in [0.15, 0.2) is 9.84 Å². The maximum atomic E-state index is 12.5. The van der Waals surface area contributed by atoms with Gasteiger partial charge in [-0.05, 0) is 60.9 Å². The van der Waals surface area contributed by atoms with Gasteiger partial charge in [-0.1, -0.05) is 19.1 Å². The standard InChI is InChI=1S/C20H24N2O3.C8H12N2O2S/c1-11-4-6-15(18(11)23)17(20(24)25-3)10-13-5-7-16-14(12(13)2)8-9-22-19(16)21;1-10(2)8-5-4-7(6-9-8)13(3,11)12/h5,7-9,11,15,17H,4,6,10H2,1-3H3,(H2,21,22);4-6H,1-3H3/t11-,15?,17-;/m0./s1. The number of carbonyl (C=O) groups excluding carboxylic acids is 2. The first-order chi connectivity index (χ1) is 17.8. The van der Waals surface area contributed by atoms with Crippen molar-refractivity contribution in [2.45, 2.75) is 38.0 Å². The van der Waals surface area contributed by atoms with Gasteiger partial charge in [0.05, 0.1) is 17.9 Å². The second-order valence-corrected chi connectivity index (χ2v) is 12.0. The maximum absolute atomic E-state index is 12.5. The fourth-order valence-corrected chi connectivity index (χ4v) is 5.37. The molecular formula is C28H36N4O5S. The maximum Gasteiger partial charge on any atom is 0.309 e. The molecule has 0 spiro atoms. The van der Waals surface area contributed by atoms with E-state index in [0.29, 0.717) is 12.2 Å². The van der Waals surface area contributed by atoms with Gasteiger partial charge in [0, 0.05) is 50.0 Å². The zero-order valence-electron chi connectivity index (χ0n) is 22.8. The molecule has 1 aliphatic carbocycles. The molecule has 10 heteroatoms. The Morgan fingerprint density at radius 3 is 2.37 bits per heavy atom. The Labute approximate surface area is 224 Å². The van der Waals surface area contributed by atoms with Gasteiger partial charge in [0.25, 0.3) is 0 Å². The SMILES string of the molecule is CN(C)c1ccc(S(C)(=O)=O)cn1.COC(=O)[C@@H](Cc1ccc2c(N)nccc2c1C)C1CC[C@H](C)C1=O. The predicted molar refractivity (Wildman–Crippen MR) is 149 cm³/mol. The summed E-state index contributed by atoms with van der Waals surface area (Å²) in [4.78, 5) is 35.0. The van der Waals surface area contributed by atoms with E-state index in [1.54, 1.807) is 18.3 Å². The van der Waals surface area contributed by atoms with E-state index in [4.69, 9.17) is 10.5 Å². The molecule has 2 aromatic heterocycles. The molecule has 0 saturated heterocycles. The number of pyridine rings is 2. The van der Waals surface area contributed by atoms with Crippen molar-refractivity contribution in [3.05, 3.63) is 53.9 Å². The number of hydrogen-bond acceptors (Lipinski definition) is 9. The summed E-state index contributed by atoms with van der Waals surface area (Å²) in [7, 11) is 1.96. The molecule has 9 nitrogen and oxygen atoms in total. The van der Waals surface area contributed by atoms with Crippen LogP contribution in [0.3, 0.4) is 0 Å². The second kappa shape index (κ2) is 11.9. The molecule has 2 N–H and O–H groups in total. The zero-order valence-corrected chi connectivity index (χ0v) is 23.6. The third-order valence-electron chi connectivity index (χ3n) is 7.16. The first kappa shape index (κ1) is 29.0. The number of sulfone groups is 1. The Bertz CT molecular complexity index is 1420. The molecule has 4 rings (SSSR count). The molecular weight excluding hydrogens is 504 g/mol. The lowest BCUT2D eigenvalue weighted by molar-refractivity contribution is -0.149. The molecule has 204 valence electrons. The van der Waals surface area contributed by atoms with E-state index in [1.165, 1.54) is 19.6 Å². The molecule has 1 aliphatic rings. The van der Waals surface area contributed by atoms with Crippen molar-refractivity contribution in [2.75, 3.05) is 38.1 Å². The minimum absolute atomic E-state index is 0.0285. The fraction of sp³-hybridized carbons (Fsp3) is 0.429. The average molecular weight is 541 g/mol. The van der Waals surface area contributed by atoms with E-state index < -0.39 is 15.8 Å². The highest BCUT2D eigenvalue weighted by atomic mass is 32.2. The zero-order chi connectivity index (χ0) is 28.2. The van der Waals surface area contributed by atoms with E-state index in [2.05, 4.69) is 9.97 Å². The minimum atomic E-state index is -3.13. The topological polar surface area (TPSA) is 133 Å². The number of ketones is 1. The van der Waals surface area contributed by atoms with Gasteiger partial charge in [-0.3, -0.25) is 9.59 Å². The number of hydrogen-bond donors (Lipinski definition) is 1. The molecule has 1 unspecified atom stereocenters. The smallest absolute Gasteiger partial charge is 0.309 e. The summed E-state index contributed by atoms with van der Waals surface area (Å²) >= 11 is 0. The highest BCUT2D eigenvalue weighted by molar-refractivity contribution is 7.90. The predicted octanol–water partition coefficient (Wildman–Crippen LogP) is 3.62. The first-order valence-electron chi connectivity index (χ1n) is 12.4. The molecule has 1 saturated carbocycles. The van der Waals surface area contributed by atoms with Crippen LogP contribution in [0.15, 0.2) is 47.6 Å². The highest BCUT2D eigenvalue weighted by Gasteiger charge is 2.40. The Hall–Kier alpha value is -3.53. The van der Waals surface area contributed by atoms with Crippen LogP contribution in [0.2, 0.25) is 0 Å². The Morgan fingerprint density at radius 2 is 1.84 bits per heavy atom. The minimum Gasteiger partial charge on any atom is -0.469 e. The van der Waals surface area contributed by atoms with Gasteiger partial charge < -0.3 is 15.4 Å². The number of anilines is 2. The first-order valence-corrected chi connectivity index (χ1v) is 14.3. The van der Waals surface area contributed by atoms with Crippen LogP contribution < -0.4 is 10.6 Å². The van der Waals surface area contributed by atoms with Crippen LogP contribution in [-0.2, 0) is 30.6 Å². The van der Waals surface area contributed by atoms with Crippen LogP contribution >= 0.6 is 0 Å². The van der Waals surface area contributed by atoms with E-state index in [9.17, 15) is 18.0 Å². The van der Waals surface area contributed by atoms with Crippen LogP contribution in [0.4, 0.5) is 11.6 Å². The summed E-state index contributed by atoms with van der Waals surface area (Å²) < 4.78 is 27.1. The molecule has 38 heavy (non-hydrogen) atoms. The number of aromatic nitrogens is 2. The quantitative estimate of drug-likeness (QED) is 0.465. The summed E-state index contributed by atoms with van der Waals surface area (Å²) in [6.07, 6.45) is 6.32. The van der Waals surface area contributed by atoms with Crippen LogP contribution in [-0.4, -0.2) is 57.6 Å². The number of nitrogens with zero attached hydrogens (tertiary/aromatic N) is 3. The lowest BCUT2D eigenvalue weighted by atomic mass is 9.83. The fourth-order valence-electron chi connectivity index (χ4n) is 4.81. The molecule has 0 bridgehead atoms. The van der Waals surface area contributed by atoms with Crippen LogP contribution in [0.5, 0.6) is 0 Å². The normalized spacial score (nSPS) is 18.0. The van der Waals surface area contributed by atoms with Crippen molar-refractivity contribution in [2.24, 2.45) is 17.8 Å². The molecule has 2 heterocycles. The van der Waals surface area contributed by atoms with Gasteiger partial charge in [-0.2, -0.15) is 0 Å². The Kier molecular flexibility index (Phi) is 9.09. The highest BCUT2D eigenvalue weighted by Crippen LogP contribution is 2.36. The summed E-state index contributed by atoms with van der Waals surface area (Å²) in [6.45, 7) is 3.96. The van der Waals surface area contributed by atoms with Crippen LogP contribution in [0.25, 0.3) is 10.8 Å². The average Bonchev–Trinajstić information content (AvgIpc) is 3.21. The van der Waals surface area contributed by atoms with Gasteiger partial charge in [-0.25, -0.2) is 18.4 Å². The lowest BCUT2D eigenvalue weighted by Gasteiger charge is -2.22. The number of Topliss-reactive ketones (excluding diaryl/α,β-unsaturated/α-hetero) is 1. The van der Waals surface area contributed by atoms with Crippen molar-refractivity contribution >= 4 is 44.0 Å². The number of aryl methyl sites for hydroxylation is 1. The van der Waals surface area contributed by atoms with E-state index in [0.717, 1.165) is 40.6 Å². The number of rotatable bonds is 6. The third-order valence-corrected chi connectivity index (χ3v) is 8.25. The van der Waals surface area contributed by atoms with Crippen LogP contribution in [0.1, 0.15) is 30.9 Å². The number of methoxy groups -OCH3 is 1. The Morgan fingerprint density at radius 1 is 1.13 bits per heavy atom. The molecule has 0 aliphatic heterocycles. The van der Waals surface area contributed by atoms with Crippen molar-refractivity contribution in [3.8, 4) is 0 Å². The molecule has 0 amide bonds. The third kappa shape index (κ3) is 6.48. The molecule has 1 aromatic carbocycles. The summed E-state index contributed by atoms with van der Waals surface area (Å²) in [5.41, 5.74) is 8.06. The monoisotopic (exact) mass is 540 g/mol. The largest absolute Gasteiger partial charge is 0.469 e. The van der Waals surface area contributed by atoms with Crippen LogP contribution in [0, 0.1) is 24.7 Å². The number of carbonyl (C=O) groups is 2. The van der Waals surface area contributed by atoms with E-state index >= 15 is 0 Å². The van der Waals surface area contributed by atoms with E-state index in [1.807, 2.05) is 51.0 Å². The number of nitrogens with two attached hydrogens (primary N) is 1. The van der Waals surface area contributed by atoms with E-state index in [-0.39, 0.29) is 28.5 Å². The number of nitrogen functional groups attached to an aromatic ring is 1. The van der Waals surface area contributed by atoms with Crippen molar-refractivity contribution in [1.82, 2.24) is 9.97 Å².